The van der Waals surface area contributed by atoms with E-state index in [1.165, 1.54) is 43.5 Å². The smallest absolute Gasteiger partial charge is 0.237 e. The largest absolute Gasteiger partial charge is 0.351 e. The molecule has 4 nitrogen and oxygen atoms in total. The fourth-order valence-corrected chi connectivity index (χ4v) is 4.09. The third-order valence-electron chi connectivity index (χ3n) is 5.73. The Bertz CT molecular complexity index is 561. The van der Waals surface area contributed by atoms with Crippen LogP contribution < -0.4 is 10.6 Å². The summed E-state index contributed by atoms with van der Waals surface area (Å²) in [4.78, 5) is 15.1. The summed E-state index contributed by atoms with van der Waals surface area (Å²) < 4.78 is 0. The molecule has 2 N–H and O–H groups in total. The molecule has 138 valence electrons. The molecule has 0 aromatic heterocycles. The highest BCUT2D eigenvalue weighted by atomic mass is 16.2. The number of benzene rings is 1. The highest BCUT2D eigenvalue weighted by Crippen LogP contribution is 2.30. The van der Waals surface area contributed by atoms with Gasteiger partial charge in [0.05, 0.1) is 6.04 Å². The number of hydrogen-bond acceptors (Lipinski definition) is 3. The van der Waals surface area contributed by atoms with Gasteiger partial charge in [-0.25, -0.2) is 0 Å². The summed E-state index contributed by atoms with van der Waals surface area (Å²) in [5.41, 5.74) is 2.57. The molecule has 1 aromatic carbocycles. The first-order valence-corrected chi connectivity index (χ1v) is 9.86. The second-order valence-corrected chi connectivity index (χ2v) is 8.35. The molecule has 2 aliphatic heterocycles. The molecule has 1 atom stereocenters. The summed E-state index contributed by atoms with van der Waals surface area (Å²) in [6.07, 6.45) is 6.28. The lowest BCUT2D eigenvalue weighted by molar-refractivity contribution is -0.126. The molecule has 0 spiro atoms. The van der Waals surface area contributed by atoms with E-state index >= 15 is 0 Å². The molecule has 0 aliphatic carbocycles. The van der Waals surface area contributed by atoms with Gasteiger partial charge in [-0.05, 0) is 61.9 Å². The van der Waals surface area contributed by atoms with Gasteiger partial charge in [-0.1, -0.05) is 44.5 Å². The fourth-order valence-electron chi connectivity index (χ4n) is 4.09. The van der Waals surface area contributed by atoms with Crippen LogP contribution in [0.5, 0.6) is 0 Å². The number of piperidine rings is 2. The van der Waals surface area contributed by atoms with E-state index in [9.17, 15) is 4.79 Å². The first-order chi connectivity index (χ1) is 12.0. The average molecular weight is 344 g/mol. The molecular weight excluding hydrogens is 310 g/mol. The van der Waals surface area contributed by atoms with E-state index in [0.29, 0.717) is 6.54 Å². The molecular formula is C21H33N3O. The van der Waals surface area contributed by atoms with Crippen LogP contribution in [0.25, 0.3) is 0 Å². The van der Waals surface area contributed by atoms with Gasteiger partial charge in [-0.2, -0.15) is 0 Å². The molecule has 0 bridgehead atoms. The number of carbonyl (C=O) groups is 1. The van der Waals surface area contributed by atoms with E-state index in [4.69, 9.17) is 0 Å². The third kappa shape index (κ3) is 5.05. The molecule has 1 aromatic rings. The molecule has 1 amide bonds. The molecule has 3 rings (SSSR count). The topological polar surface area (TPSA) is 44.4 Å². The van der Waals surface area contributed by atoms with Crippen LogP contribution in [0.3, 0.4) is 0 Å². The van der Waals surface area contributed by atoms with Gasteiger partial charge in [0.1, 0.15) is 0 Å². The maximum Gasteiger partial charge on any atom is 0.237 e. The monoisotopic (exact) mass is 343 g/mol. The molecule has 0 saturated carbocycles. The van der Waals surface area contributed by atoms with Crippen LogP contribution in [0.4, 0.5) is 0 Å². The van der Waals surface area contributed by atoms with Crippen molar-refractivity contribution in [2.75, 3.05) is 19.6 Å². The average Bonchev–Trinajstić information content (AvgIpc) is 2.61. The summed E-state index contributed by atoms with van der Waals surface area (Å²) in [6, 6.07) is 8.63. The van der Waals surface area contributed by atoms with E-state index in [1.807, 2.05) is 0 Å². The van der Waals surface area contributed by atoms with Crippen LogP contribution in [-0.2, 0) is 17.9 Å². The number of amides is 1. The normalized spacial score (nSPS) is 24.0. The van der Waals surface area contributed by atoms with Gasteiger partial charge in [0.25, 0.3) is 0 Å². The van der Waals surface area contributed by atoms with Crippen LogP contribution >= 0.6 is 0 Å². The van der Waals surface area contributed by atoms with Crippen molar-refractivity contribution in [3.8, 4) is 0 Å². The van der Waals surface area contributed by atoms with E-state index in [1.54, 1.807) is 0 Å². The lowest BCUT2D eigenvalue weighted by atomic mass is 9.77. The van der Waals surface area contributed by atoms with Gasteiger partial charge in [-0.3, -0.25) is 9.69 Å². The van der Waals surface area contributed by atoms with Crippen molar-refractivity contribution < 1.29 is 4.79 Å². The Balaban J connectivity index is 1.48. The van der Waals surface area contributed by atoms with Crippen molar-refractivity contribution in [2.24, 2.45) is 5.41 Å². The van der Waals surface area contributed by atoms with Gasteiger partial charge in [-0.15, -0.1) is 0 Å². The SMILES string of the molecule is CC1(C)CCCNC1C(=O)NCc1ccc(CN2CCCCC2)cc1. The number of carbonyl (C=O) groups excluding carboxylic acids is 1. The highest BCUT2D eigenvalue weighted by molar-refractivity contribution is 5.82. The zero-order chi connectivity index (χ0) is 17.7. The standard InChI is InChI=1S/C21H33N3O/c1-21(2)11-6-12-22-19(21)20(25)23-15-17-7-9-18(10-8-17)16-24-13-4-3-5-14-24/h7-10,19,22H,3-6,11-16H2,1-2H3,(H,23,25). The number of nitrogens with one attached hydrogen (secondary N) is 2. The van der Waals surface area contributed by atoms with Gasteiger partial charge >= 0.3 is 0 Å². The quantitative estimate of drug-likeness (QED) is 0.864. The summed E-state index contributed by atoms with van der Waals surface area (Å²) in [5, 5.41) is 6.50. The van der Waals surface area contributed by atoms with Crippen LogP contribution in [-0.4, -0.2) is 36.5 Å². The maximum absolute atomic E-state index is 12.5. The highest BCUT2D eigenvalue weighted by Gasteiger charge is 2.36. The molecule has 2 aliphatic rings. The predicted octanol–water partition coefficient (Wildman–Crippen LogP) is 3.07. The Morgan fingerprint density at radius 2 is 1.80 bits per heavy atom. The molecule has 1 unspecified atom stereocenters. The minimum absolute atomic E-state index is 0.0284. The van der Waals surface area contributed by atoms with E-state index in [2.05, 4.69) is 53.6 Å². The minimum Gasteiger partial charge on any atom is -0.351 e. The zero-order valence-corrected chi connectivity index (χ0v) is 15.8. The van der Waals surface area contributed by atoms with Crippen molar-refractivity contribution >= 4 is 5.91 Å². The Hall–Kier alpha value is -1.39. The molecule has 2 saturated heterocycles. The maximum atomic E-state index is 12.5. The van der Waals surface area contributed by atoms with Crippen molar-refractivity contribution in [2.45, 2.75) is 65.1 Å². The van der Waals surface area contributed by atoms with Gasteiger partial charge in [0, 0.05) is 13.1 Å². The minimum atomic E-state index is -0.0837. The zero-order valence-electron chi connectivity index (χ0n) is 15.8. The summed E-state index contributed by atoms with van der Waals surface area (Å²) in [6.45, 7) is 9.40. The molecule has 2 heterocycles. The fraction of sp³-hybridized carbons (Fsp3) is 0.667. The molecule has 25 heavy (non-hydrogen) atoms. The van der Waals surface area contributed by atoms with E-state index < -0.39 is 0 Å². The van der Waals surface area contributed by atoms with Crippen LogP contribution in [0, 0.1) is 5.41 Å². The van der Waals surface area contributed by atoms with Gasteiger partial charge in [0.15, 0.2) is 0 Å². The first kappa shape index (κ1) is 18.4. The molecule has 2 fully saturated rings. The second-order valence-electron chi connectivity index (χ2n) is 8.35. The summed E-state index contributed by atoms with van der Waals surface area (Å²) >= 11 is 0. The number of hydrogen-bond donors (Lipinski definition) is 2. The second kappa shape index (κ2) is 8.33. The summed E-state index contributed by atoms with van der Waals surface area (Å²) in [7, 11) is 0. The van der Waals surface area contributed by atoms with Gasteiger partial charge in [0.2, 0.25) is 5.91 Å². The molecule has 4 heteroatoms. The predicted molar refractivity (Wildman–Crippen MR) is 102 cm³/mol. The Morgan fingerprint density at radius 1 is 1.12 bits per heavy atom. The Kier molecular flexibility index (Phi) is 6.13. The lowest BCUT2D eigenvalue weighted by Crippen LogP contribution is -2.55. The van der Waals surface area contributed by atoms with E-state index in [-0.39, 0.29) is 17.4 Å². The van der Waals surface area contributed by atoms with Crippen molar-refractivity contribution in [1.82, 2.24) is 15.5 Å². The number of rotatable bonds is 5. The van der Waals surface area contributed by atoms with Crippen LogP contribution in [0.1, 0.15) is 57.1 Å². The van der Waals surface area contributed by atoms with Gasteiger partial charge < -0.3 is 10.6 Å². The van der Waals surface area contributed by atoms with Crippen molar-refractivity contribution in [3.05, 3.63) is 35.4 Å². The Morgan fingerprint density at radius 3 is 2.48 bits per heavy atom. The van der Waals surface area contributed by atoms with Crippen LogP contribution in [0.15, 0.2) is 24.3 Å². The van der Waals surface area contributed by atoms with Crippen molar-refractivity contribution in [3.63, 3.8) is 0 Å². The number of likely N-dealkylation sites (tertiary alicyclic amines) is 1. The lowest BCUT2D eigenvalue weighted by Gasteiger charge is -2.38. The van der Waals surface area contributed by atoms with Crippen LogP contribution in [0.2, 0.25) is 0 Å². The van der Waals surface area contributed by atoms with E-state index in [0.717, 1.165) is 25.9 Å². The first-order valence-electron chi connectivity index (χ1n) is 9.86. The Labute approximate surface area is 152 Å². The molecule has 0 radical (unpaired) electrons. The number of nitrogens with zero attached hydrogens (tertiary/aromatic N) is 1. The van der Waals surface area contributed by atoms with Crippen molar-refractivity contribution in [1.29, 1.82) is 0 Å². The third-order valence-corrected chi connectivity index (χ3v) is 5.73. The summed E-state index contributed by atoms with van der Waals surface area (Å²) in [5.74, 6) is 0.127.